The summed E-state index contributed by atoms with van der Waals surface area (Å²) in [6, 6.07) is 11.7. The van der Waals surface area contributed by atoms with Gasteiger partial charge in [-0.1, -0.05) is 96.5 Å². The molecule has 1 nitrogen and oxygen atoms in total. The largest absolute Gasteiger partial charge is 0.416 e. The molecule has 7 aromatic rings. The highest BCUT2D eigenvalue weighted by atomic mass is 35.5. The van der Waals surface area contributed by atoms with Gasteiger partial charge in [0.15, 0.2) is 12.7 Å². The van der Waals surface area contributed by atoms with E-state index in [-0.39, 0.29) is 0 Å². The Morgan fingerprint density at radius 2 is 0.600 bits per heavy atom. The molecular formula is C48H25BClF24N. The van der Waals surface area contributed by atoms with Crippen LogP contribution in [0.5, 0.6) is 0 Å². The number of alkyl halides is 24. The Balaban J connectivity index is 0.000000421. The number of pyridine rings is 1. The third-order valence-electron chi connectivity index (χ3n) is 11.5. The van der Waals surface area contributed by atoms with Gasteiger partial charge in [0, 0.05) is 17.7 Å². The molecule has 0 aliphatic heterocycles. The van der Waals surface area contributed by atoms with Gasteiger partial charge in [-0.2, -0.15) is 132 Å². The SMILES string of the molecule is Clc1cccc2c1ccc[n+]2Cc1ccccc1.FC(F)(F)c1cc([B-](c2cc(C(F)(F)F)cc(C(F)(F)F)c2)(c2cc(C(F)(F)F)cc(C(F)(F)F)c2)c2cc(C(F)(F)F)cc(C(F)(F)F)c2)cc(C(F)(F)F)c1. The average Bonchev–Trinajstić information content (AvgIpc) is 3.27. The van der Waals surface area contributed by atoms with Crippen molar-refractivity contribution < 1.29 is 110 Å². The Bertz CT molecular complexity index is 2760. The van der Waals surface area contributed by atoms with Gasteiger partial charge in [0.05, 0.1) is 54.9 Å². The van der Waals surface area contributed by atoms with Gasteiger partial charge in [0.2, 0.25) is 5.52 Å². The number of hydrogen-bond donors (Lipinski definition) is 0. The molecule has 0 unspecified atom stereocenters. The van der Waals surface area contributed by atoms with E-state index in [4.69, 9.17) is 11.6 Å². The van der Waals surface area contributed by atoms with E-state index in [0.29, 0.717) is 0 Å². The molecule has 0 atom stereocenters. The number of rotatable bonds is 6. The molecule has 0 N–H and O–H groups in total. The molecular weight excluding hydrogens is 1090 g/mol. The maximum absolute atomic E-state index is 14.2. The van der Waals surface area contributed by atoms with Gasteiger partial charge in [-0.15, -0.1) is 0 Å². The Morgan fingerprint density at radius 1 is 0.320 bits per heavy atom. The first-order chi connectivity index (χ1) is 34.1. The lowest BCUT2D eigenvalue weighted by Crippen LogP contribution is -2.75. The highest BCUT2D eigenvalue weighted by Gasteiger charge is 2.47. The molecule has 0 spiro atoms. The average molecular weight is 1120 g/mol. The van der Waals surface area contributed by atoms with Crippen LogP contribution in [0.15, 0.2) is 140 Å². The summed E-state index contributed by atoms with van der Waals surface area (Å²) in [6.45, 7) is 0.860. The molecule has 7 rings (SSSR count). The smallest absolute Gasteiger partial charge is 0.194 e. The molecule has 0 radical (unpaired) electrons. The first-order valence-electron chi connectivity index (χ1n) is 20.6. The van der Waals surface area contributed by atoms with Crippen molar-refractivity contribution in [3.63, 3.8) is 0 Å². The van der Waals surface area contributed by atoms with Crippen molar-refractivity contribution in [2.24, 2.45) is 0 Å². The number of aromatic nitrogens is 1. The minimum absolute atomic E-state index is 0.691. The van der Waals surface area contributed by atoms with Gasteiger partial charge >= 0.3 is 49.4 Å². The van der Waals surface area contributed by atoms with Crippen molar-refractivity contribution >= 4 is 50.5 Å². The monoisotopic (exact) mass is 1120 g/mol. The van der Waals surface area contributed by atoms with Crippen LogP contribution in [0.25, 0.3) is 10.9 Å². The van der Waals surface area contributed by atoms with E-state index in [9.17, 15) is 105 Å². The third kappa shape index (κ3) is 12.9. The zero-order valence-electron chi connectivity index (χ0n) is 36.5. The van der Waals surface area contributed by atoms with E-state index in [1.807, 2.05) is 24.3 Å². The van der Waals surface area contributed by atoms with Crippen LogP contribution in [0.3, 0.4) is 0 Å². The van der Waals surface area contributed by atoms with Crippen LogP contribution in [0.1, 0.15) is 50.1 Å². The van der Waals surface area contributed by atoms with Crippen LogP contribution in [-0.4, -0.2) is 6.15 Å². The number of hydrogen-bond acceptors (Lipinski definition) is 0. The molecule has 0 saturated heterocycles. The topological polar surface area (TPSA) is 3.88 Å². The molecule has 0 bridgehead atoms. The standard InChI is InChI=1S/C32H12BF24.C16H13ClN/c34-25(35,36)13-1-14(26(37,38)39)6-21(5-13)33(22-7-15(27(40,41)42)2-16(8-22)28(43,44)45,23-9-17(29(46,47)48)3-18(10-23)30(49,50)51)24-11-19(31(52,53)54)4-20(12-24)32(55,56)57;17-15-9-4-10-16-14(15)8-5-11-18(16)12-13-6-2-1-3-7-13/h1-12H;1-11H,12H2/q-1;+1. The van der Waals surface area contributed by atoms with Crippen molar-refractivity contribution in [2.45, 2.75) is 56.0 Å². The van der Waals surface area contributed by atoms with Gasteiger partial charge in [0.1, 0.15) is 6.15 Å². The zero-order valence-corrected chi connectivity index (χ0v) is 37.2. The summed E-state index contributed by atoms with van der Waals surface area (Å²) in [7, 11) is 0. The van der Waals surface area contributed by atoms with Gasteiger partial charge in [-0.25, -0.2) is 0 Å². The summed E-state index contributed by atoms with van der Waals surface area (Å²) in [6.07, 6.45) is -52.7. The van der Waals surface area contributed by atoms with Crippen LogP contribution < -0.4 is 26.4 Å². The number of halogens is 25. The first kappa shape index (κ1) is 57.7. The Labute approximate surface area is 410 Å². The summed E-state index contributed by atoms with van der Waals surface area (Å²) in [5.74, 6) is 0. The summed E-state index contributed by atoms with van der Waals surface area (Å²) in [4.78, 5) is 0. The third-order valence-corrected chi connectivity index (χ3v) is 11.8. The van der Waals surface area contributed by atoms with Crippen LogP contribution in [0.2, 0.25) is 5.02 Å². The van der Waals surface area contributed by atoms with Crippen LogP contribution in [0, 0.1) is 0 Å². The molecule has 0 fully saturated rings. The van der Waals surface area contributed by atoms with Gasteiger partial charge in [-0.3, -0.25) is 0 Å². The normalized spacial score (nSPS) is 13.5. The lowest BCUT2D eigenvalue weighted by molar-refractivity contribution is -0.662. The predicted molar refractivity (Wildman–Crippen MR) is 225 cm³/mol. The predicted octanol–water partition coefficient (Wildman–Crippen LogP) is 15.0. The van der Waals surface area contributed by atoms with Crippen molar-refractivity contribution in [2.75, 3.05) is 0 Å². The molecule has 27 heteroatoms. The summed E-state index contributed by atoms with van der Waals surface area (Å²) in [5.41, 5.74) is -27.8. The van der Waals surface area contributed by atoms with Gasteiger partial charge in [0.25, 0.3) is 0 Å². The second-order valence-electron chi connectivity index (χ2n) is 16.5. The van der Waals surface area contributed by atoms with E-state index in [0.717, 1.165) is 22.5 Å². The van der Waals surface area contributed by atoms with E-state index >= 15 is 0 Å². The fourth-order valence-electron chi connectivity index (χ4n) is 8.25. The Kier molecular flexibility index (Phi) is 15.3. The van der Waals surface area contributed by atoms with E-state index in [2.05, 4.69) is 47.2 Å². The molecule has 1 heterocycles. The van der Waals surface area contributed by atoms with E-state index < -0.39 is 195 Å². The quantitative estimate of drug-likeness (QED) is 0.0888. The number of nitrogens with zero attached hydrogens (tertiary/aromatic N) is 1. The van der Waals surface area contributed by atoms with Gasteiger partial charge < -0.3 is 0 Å². The second-order valence-corrected chi connectivity index (χ2v) is 16.9. The molecule has 1 aromatic heterocycles. The van der Waals surface area contributed by atoms with Crippen LogP contribution in [0.4, 0.5) is 105 Å². The van der Waals surface area contributed by atoms with Crippen molar-refractivity contribution in [1.82, 2.24) is 0 Å². The van der Waals surface area contributed by atoms with Crippen LogP contribution >= 0.6 is 11.6 Å². The summed E-state index contributed by atoms with van der Waals surface area (Å²) >= 11 is 6.22. The maximum atomic E-state index is 14.2. The zero-order chi connectivity index (χ0) is 56.3. The summed E-state index contributed by atoms with van der Waals surface area (Å²) < 4.78 is 343. The molecule has 400 valence electrons. The Morgan fingerprint density at radius 3 is 0.867 bits per heavy atom. The summed E-state index contributed by atoms with van der Waals surface area (Å²) in [5, 5.41) is 1.90. The fraction of sp³-hybridized carbons (Fsp3) is 0.188. The maximum Gasteiger partial charge on any atom is 0.416 e. The number of benzene rings is 6. The van der Waals surface area contributed by atoms with Crippen molar-refractivity contribution in [1.29, 1.82) is 0 Å². The minimum atomic E-state index is -6.13. The highest BCUT2D eigenvalue weighted by Crippen LogP contribution is 2.41. The molecule has 6 aromatic carbocycles. The van der Waals surface area contributed by atoms with E-state index in [1.54, 1.807) is 0 Å². The lowest BCUT2D eigenvalue weighted by atomic mass is 9.12. The molecule has 75 heavy (non-hydrogen) atoms. The molecule has 0 saturated carbocycles. The molecule has 0 amide bonds. The van der Waals surface area contributed by atoms with Crippen LogP contribution in [-0.2, 0) is 56.0 Å². The van der Waals surface area contributed by atoms with Crippen molar-refractivity contribution in [3.05, 3.63) is 195 Å². The van der Waals surface area contributed by atoms with E-state index in [1.165, 1.54) is 5.56 Å². The second kappa shape index (κ2) is 19.8. The van der Waals surface area contributed by atoms with Crippen molar-refractivity contribution in [3.8, 4) is 0 Å². The first-order valence-corrected chi connectivity index (χ1v) is 20.9. The molecule has 0 aliphatic rings. The number of fused-ring (bicyclic) bond motifs is 1. The molecule has 0 aliphatic carbocycles. The van der Waals surface area contributed by atoms with Gasteiger partial charge in [-0.05, 0) is 36.4 Å². The Hall–Kier alpha value is -6.60. The minimum Gasteiger partial charge on any atom is -0.194 e. The fourth-order valence-corrected chi connectivity index (χ4v) is 8.49. The highest BCUT2D eigenvalue weighted by molar-refractivity contribution is 7.20. The lowest BCUT2D eigenvalue weighted by Gasteiger charge is -2.46.